The maximum Gasteiger partial charge on any atom is 0.408 e. The van der Waals surface area contributed by atoms with Crippen LogP contribution in [0.4, 0.5) is 36.6 Å². The Kier molecular flexibility index (Phi) is 7.12. The number of piperidine rings is 1. The zero-order valence-corrected chi connectivity index (χ0v) is 19.7. The largest absolute Gasteiger partial charge is 0.408 e. The third-order valence-corrected chi connectivity index (χ3v) is 6.24. The van der Waals surface area contributed by atoms with Crippen molar-refractivity contribution in [2.24, 2.45) is 0 Å². The minimum Gasteiger partial charge on any atom is -0.387 e. The van der Waals surface area contributed by atoms with Crippen LogP contribution in [0, 0.1) is 11.6 Å². The van der Waals surface area contributed by atoms with Crippen molar-refractivity contribution in [2.75, 3.05) is 18.0 Å². The van der Waals surface area contributed by atoms with E-state index in [1.165, 1.54) is 13.0 Å². The number of aliphatic hydroxyl groups excluding tert-OH is 1. The van der Waals surface area contributed by atoms with Crippen molar-refractivity contribution in [2.45, 2.75) is 44.0 Å². The molecule has 1 aliphatic rings. The molecule has 1 fully saturated rings. The van der Waals surface area contributed by atoms with E-state index in [1.807, 2.05) is 0 Å². The maximum absolute atomic E-state index is 14.8. The van der Waals surface area contributed by atoms with Crippen molar-refractivity contribution in [3.05, 3.63) is 63.9 Å². The van der Waals surface area contributed by atoms with Gasteiger partial charge in [-0.2, -0.15) is 13.2 Å². The van der Waals surface area contributed by atoms with Gasteiger partial charge in [0.25, 0.3) is 11.8 Å². The number of aliphatic hydroxyl groups is 1. The lowest BCUT2D eigenvalue weighted by molar-refractivity contribution is -0.153. The number of carbonyl (C=O) groups excluding carboxylic acids is 1. The number of hydrogen-bond donors (Lipinski definition) is 2. The Labute approximate surface area is 210 Å². The topological polar surface area (TPSA) is 87.5 Å². The van der Waals surface area contributed by atoms with Gasteiger partial charge in [0, 0.05) is 18.8 Å². The molecule has 7 nitrogen and oxygen atoms in total. The number of aromatic nitrogens is 2. The van der Waals surface area contributed by atoms with Crippen LogP contribution < -0.4 is 15.6 Å². The number of pyridine rings is 2. The van der Waals surface area contributed by atoms with Gasteiger partial charge in [0.2, 0.25) is 5.43 Å². The molecule has 1 amide bonds. The highest BCUT2D eigenvalue weighted by molar-refractivity contribution is 5.97. The summed E-state index contributed by atoms with van der Waals surface area (Å²) in [6, 6.07) is 2.38. The monoisotopic (exact) mass is 546 g/mol. The van der Waals surface area contributed by atoms with E-state index in [0.717, 1.165) is 33.9 Å². The number of halogens is 7. The van der Waals surface area contributed by atoms with E-state index in [9.17, 15) is 45.4 Å². The smallest absolute Gasteiger partial charge is 0.387 e. The zero-order chi connectivity index (χ0) is 28.0. The molecule has 2 aromatic heterocycles. The first-order valence-electron chi connectivity index (χ1n) is 11.4. The standard InChI is InChI=1S/C24H21F7N4O3/c1-2-17(24(29,30)31)32-22(38)14-10-35(16-5-3-12(25)9-15(16)26)21-13(20(14)37)4-6-19(33-21)34-8-7-18(36)23(27,28)11-34/h3-6,9-10,17-18,36H,2,7-8,11H2,1H3,(H,32,38)/t17-,18?/m1/s1. The fourth-order valence-corrected chi connectivity index (χ4v) is 4.17. The van der Waals surface area contributed by atoms with Crippen molar-refractivity contribution < 1.29 is 40.6 Å². The number of benzene rings is 1. The second-order valence-corrected chi connectivity index (χ2v) is 8.84. The van der Waals surface area contributed by atoms with Gasteiger partial charge in [0.1, 0.15) is 35.2 Å². The summed E-state index contributed by atoms with van der Waals surface area (Å²) in [4.78, 5) is 31.2. The van der Waals surface area contributed by atoms with Crippen LogP contribution in [0.2, 0.25) is 0 Å². The van der Waals surface area contributed by atoms with Gasteiger partial charge in [-0.3, -0.25) is 14.2 Å². The number of amides is 1. The van der Waals surface area contributed by atoms with Gasteiger partial charge in [-0.25, -0.2) is 22.5 Å². The molecule has 2 N–H and O–H groups in total. The summed E-state index contributed by atoms with van der Waals surface area (Å²) in [5.41, 5.74) is -2.53. The molecular weight excluding hydrogens is 525 g/mol. The van der Waals surface area contributed by atoms with Crippen molar-refractivity contribution in [1.29, 1.82) is 0 Å². The van der Waals surface area contributed by atoms with Crippen LogP contribution in [0.5, 0.6) is 0 Å². The normalized spacial score (nSPS) is 18.4. The molecule has 0 aliphatic carbocycles. The lowest BCUT2D eigenvalue weighted by atomic mass is 10.0. The van der Waals surface area contributed by atoms with E-state index in [-0.39, 0.29) is 29.8 Å². The Morgan fingerprint density at radius 3 is 2.55 bits per heavy atom. The molecule has 0 radical (unpaired) electrons. The van der Waals surface area contributed by atoms with Crippen LogP contribution >= 0.6 is 0 Å². The number of anilines is 1. The summed E-state index contributed by atoms with van der Waals surface area (Å²) < 4.78 is 97.1. The SMILES string of the molecule is CC[C@@H](NC(=O)c1cn(-c2ccc(F)cc2F)c2nc(N3CCC(O)C(F)(F)C3)ccc2c1=O)C(F)(F)F. The Bertz CT molecular complexity index is 1440. The molecule has 1 saturated heterocycles. The summed E-state index contributed by atoms with van der Waals surface area (Å²) in [6.07, 6.45) is -6.71. The molecule has 1 aromatic carbocycles. The lowest BCUT2D eigenvalue weighted by Gasteiger charge is -2.36. The second-order valence-electron chi connectivity index (χ2n) is 8.84. The number of carbonyl (C=O) groups is 1. The van der Waals surface area contributed by atoms with E-state index in [1.54, 1.807) is 5.32 Å². The van der Waals surface area contributed by atoms with Crippen LogP contribution in [-0.4, -0.2) is 57.9 Å². The number of nitrogens with zero attached hydrogens (tertiary/aromatic N) is 3. The number of nitrogens with one attached hydrogen (secondary N) is 1. The summed E-state index contributed by atoms with van der Waals surface area (Å²) in [7, 11) is 0. The Morgan fingerprint density at radius 2 is 1.95 bits per heavy atom. The number of rotatable bonds is 5. The minimum absolute atomic E-state index is 0.0270. The van der Waals surface area contributed by atoms with Crippen molar-refractivity contribution in [3.8, 4) is 5.69 Å². The van der Waals surface area contributed by atoms with Crippen LogP contribution in [0.25, 0.3) is 16.7 Å². The molecular formula is C24H21F7N4O3. The first-order valence-corrected chi connectivity index (χ1v) is 11.4. The molecule has 0 saturated carbocycles. The van der Waals surface area contributed by atoms with Crippen molar-refractivity contribution >= 4 is 22.8 Å². The van der Waals surface area contributed by atoms with Gasteiger partial charge in [0.05, 0.1) is 17.6 Å². The fourth-order valence-electron chi connectivity index (χ4n) is 4.17. The number of fused-ring (bicyclic) bond motifs is 1. The minimum atomic E-state index is -4.80. The molecule has 4 rings (SSSR count). The van der Waals surface area contributed by atoms with Crippen molar-refractivity contribution in [3.63, 3.8) is 0 Å². The van der Waals surface area contributed by atoms with Gasteiger partial charge in [0.15, 0.2) is 5.65 Å². The Balaban J connectivity index is 1.89. The first-order chi connectivity index (χ1) is 17.7. The van der Waals surface area contributed by atoms with Crippen LogP contribution in [0.1, 0.15) is 30.1 Å². The van der Waals surface area contributed by atoms with Crippen LogP contribution in [0.3, 0.4) is 0 Å². The highest BCUT2D eigenvalue weighted by atomic mass is 19.4. The lowest BCUT2D eigenvalue weighted by Crippen LogP contribution is -2.51. The maximum atomic E-state index is 14.8. The van der Waals surface area contributed by atoms with Gasteiger partial charge in [-0.05, 0) is 37.1 Å². The average molecular weight is 546 g/mol. The van der Waals surface area contributed by atoms with E-state index < -0.39 is 71.4 Å². The fraction of sp³-hybridized carbons (Fsp3) is 0.375. The molecule has 1 aliphatic heterocycles. The third-order valence-electron chi connectivity index (χ3n) is 6.24. The van der Waals surface area contributed by atoms with Gasteiger partial charge in [-0.1, -0.05) is 6.92 Å². The third kappa shape index (κ3) is 5.17. The summed E-state index contributed by atoms with van der Waals surface area (Å²) in [5.74, 6) is -7.02. The number of alkyl halides is 5. The quantitative estimate of drug-likeness (QED) is 0.474. The Hall–Kier alpha value is -3.68. The predicted molar refractivity (Wildman–Crippen MR) is 123 cm³/mol. The van der Waals surface area contributed by atoms with Gasteiger partial charge < -0.3 is 15.3 Å². The molecule has 0 spiro atoms. The summed E-state index contributed by atoms with van der Waals surface area (Å²) in [6.45, 7) is 0.248. The molecule has 2 atom stereocenters. The Morgan fingerprint density at radius 1 is 1.24 bits per heavy atom. The van der Waals surface area contributed by atoms with Crippen LogP contribution in [0.15, 0.2) is 41.3 Å². The summed E-state index contributed by atoms with van der Waals surface area (Å²) >= 11 is 0. The van der Waals surface area contributed by atoms with E-state index in [4.69, 9.17) is 0 Å². The van der Waals surface area contributed by atoms with E-state index >= 15 is 0 Å². The highest BCUT2D eigenvalue weighted by Gasteiger charge is 2.44. The van der Waals surface area contributed by atoms with Crippen molar-refractivity contribution in [1.82, 2.24) is 14.9 Å². The van der Waals surface area contributed by atoms with E-state index in [0.29, 0.717) is 6.07 Å². The molecule has 3 aromatic rings. The zero-order valence-electron chi connectivity index (χ0n) is 19.7. The number of hydrogen-bond acceptors (Lipinski definition) is 5. The average Bonchev–Trinajstić information content (AvgIpc) is 2.83. The summed E-state index contributed by atoms with van der Waals surface area (Å²) in [5, 5.41) is 11.0. The predicted octanol–water partition coefficient (Wildman–Crippen LogP) is 3.94. The van der Waals surface area contributed by atoms with Crippen LogP contribution in [-0.2, 0) is 0 Å². The molecule has 0 bridgehead atoms. The van der Waals surface area contributed by atoms with Gasteiger partial charge in [-0.15, -0.1) is 0 Å². The van der Waals surface area contributed by atoms with E-state index in [2.05, 4.69) is 4.98 Å². The molecule has 1 unspecified atom stereocenters. The first kappa shape index (κ1) is 27.4. The molecule has 38 heavy (non-hydrogen) atoms. The highest BCUT2D eigenvalue weighted by Crippen LogP contribution is 2.31. The molecule has 3 heterocycles. The molecule has 204 valence electrons. The second kappa shape index (κ2) is 9.89. The molecule has 14 heteroatoms. The van der Waals surface area contributed by atoms with Gasteiger partial charge >= 0.3 is 6.18 Å².